The minimum absolute atomic E-state index is 0.263. The molecule has 148 valence electrons. The van der Waals surface area contributed by atoms with Gasteiger partial charge in [0.1, 0.15) is 0 Å². The minimum atomic E-state index is 0.263. The fourth-order valence-electron chi connectivity index (χ4n) is 3.64. The van der Waals surface area contributed by atoms with E-state index in [1.54, 1.807) is 0 Å². The highest BCUT2D eigenvalue weighted by molar-refractivity contribution is 5.79. The van der Waals surface area contributed by atoms with Crippen LogP contribution in [0, 0.1) is 11.8 Å². The van der Waals surface area contributed by atoms with Crippen molar-refractivity contribution in [3.05, 3.63) is 0 Å². The molecule has 5 nitrogen and oxygen atoms in total. The van der Waals surface area contributed by atoms with E-state index in [-0.39, 0.29) is 6.61 Å². The Morgan fingerprint density at radius 3 is 2.76 bits per heavy atom. The molecule has 3 N–H and O–H groups in total. The van der Waals surface area contributed by atoms with Gasteiger partial charge in [0.15, 0.2) is 5.96 Å². The number of nitrogens with zero attached hydrogens (tertiary/aromatic N) is 2. The van der Waals surface area contributed by atoms with Crippen molar-refractivity contribution >= 4 is 5.96 Å². The lowest BCUT2D eigenvalue weighted by atomic mass is 10.0. The summed E-state index contributed by atoms with van der Waals surface area (Å²) >= 11 is 0. The van der Waals surface area contributed by atoms with Crippen LogP contribution in [0.5, 0.6) is 0 Å². The normalized spacial score (nSPS) is 20.5. The first-order valence-electron chi connectivity index (χ1n) is 10.5. The van der Waals surface area contributed by atoms with Gasteiger partial charge in [0.05, 0.1) is 0 Å². The average molecular weight is 355 g/mol. The summed E-state index contributed by atoms with van der Waals surface area (Å²) in [6.07, 6.45) is 8.34. The van der Waals surface area contributed by atoms with E-state index >= 15 is 0 Å². The Bertz CT molecular complexity index is 343. The zero-order chi connectivity index (χ0) is 18.3. The zero-order valence-corrected chi connectivity index (χ0v) is 16.9. The van der Waals surface area contributed by atoms with Crippen molar-refractivity contribution in [2.24, 2.45) is 16.8 Å². The lowest BCUT2D eigenvalue weighted by molar-refractivity contribution is 0.181. The van der Waals surface area contributed by atoms with E-state index < -0.39 is 0 Å². The molecule has 1 fully saturated rings. The predicted octanol–water partition coefficient (Wildman–Crippen LogP) is 2.85. The van der Waals surface area contributed by atoms with E-state index in [0.717, 1.165) is 50.8 Å². The van der Waals surface area contributed by atoms with Crippen LogP contribution in [0.3, 0.4) is 0 Å². The number of unbranched alkanes of at least 4 members (excludes halogenated alkanes) is 1. The van der Waals surface area contributed by atoms with Crippen LogP contribution in [0.15, 0.2) is 4.99 Å². The smallest absolute Gasteiger partial charge is 0.191 e. The third kappa shape index (κ3) is 10.7. The maximum absolute atomic E-state index is 9.17. The molecule has 0 aliphatic carbocycles. The first kappa shape index (κ1) is 22.2. The number of aliphatic hydroxyl groups excluding tert-OH is 1. The summed E-state index contributed by atoms with van der Waals surface area (Å²) in [4.78, 5) is 7.34. The van der Waals surface area contributed by atoms with Gasteiger partial charge in [0.25, 0.3) is 0 Å². The molecular weight excluding hydrogens is 312 g/mol. The zero-order valence-electron chi connectivity index (χ0n) is 16.9. The largest absolute Gasteiger partial charge is 0.396 e. The fraction of sp³-hybridized carbons (Fsp3) is 0.950. The number of aliphatic hydroxyl groups is 1. The van der Waals surface area contributed by atoms with Crippen LogP contribution in [0.1, 0.15) is 65.7 Å². The quantitative estimate of drug-likeness (QED) is 0.286. The molecule has 0 aromatic heterocycles. The second-order valence-electron chi connectivity index (χ2n) is 7.57. The summed E-state index contributed by atoms with van der Waals surface area (Å²) in [7, 11) is 0. The molecule has 0 amide bonds. The molecule has 2 unspecified atom stereocenters. The number of piperidine rings is 1. The second-order valence-corrected chi connectivity index (χ2v) is 7.57. The highest BCUT2D eigenvalue weighted by atomic mass is 16.3. The number of likely N-dealkylation sites (tertiary alicyclic amines) is 1. The van der Waals surface area contributed by atoms with Crippen molar-refractivity contribution < 1.29 is 5.11 Å². The third-order valence-corrected chi connectivity index (χ3v) is 5.02. The van der Waals surface area contributed by atoms with Gasteiger partial charge in [0.2, 0.25) is 0 Å². The lowest BCUT2D eigenvalue weighted by Gasteiger charge is -2.30. The summed E-state index contributed by atoms with van der Waals surface area (Å²) in [5.41, 5.74) is 0. The molecule has 5 heteroatoms. The third-order valence-electron chi connectivity index (χ3n) is 5.02. The van der Waals surface area contributed by atoms with Gasteiger partial charge in [-0.1, -0.05) is 20.3 Å². The van der Waals surface area contributed by atoms with Gasteiger partial charge in [-0.25, -0.2) is 0 Å². The van der Waals surface area contributed by atoms with Crippen molar-refractivity contribution in [2.75, 3.05) is 45.9 Å². The van der Waals surface area contributed by atoms with Crippen LogP contribution in [-0.2, 0) is 0 Å². The van der Waals surface area contributed by atoms with E-state index in [9.17, 15) is 5.11 Å². The van der Waals surface area contributed by atoms with E-state index in [0.29, 0.717) is 5.92 Å². The molecule has 0 radical (unpaired) electrons. The molecule has 1 heterocycles. The molecule has 25 heavy (non-hydrogen) atoms. The number of hydrogen-bond donors (Lipinski definition) is 3. The van der Waals surface area contributed by atoms with Crippen LogP contribution in [0.25, 0.3) is 0 Å². The van der Waals surface area contributed by atoms with Gasteiger partial charge >= 0.3 is 0 Å². The molecule has 0 bridgehead atoms. The Hall–Kier alpha value is -0.810. The molecule has 0 spiro atoms. The maximum Gasteiger partial charge on any atom is 0.191 e. The van der Waals surface area contributed by atoms with E-state index in [2.05, 4.69) is 36.3 Å². The van der Waals surface area contributed by atoms with Crippen LogP contribution >= 0.6 is 0 Å². The number of nitrogens with one attached hydrogen (secondary N) is 2. The summed E-state index contributed by atoms with van der Waals surface area (Å²) in [5.74, 6) is 2.29. The van der Waals surface area contributed by atoms with Crippen LogP contribution < -0.4 is 10.6 Å². The topological polar surface area (TPSA) is 59.9 Å². The van der Waals surface area contributed by atoms with Crippen molar-refractivity contribution in [3.63, 3.8) is 0 Å². The molecule has 0 aromatic carbocycles. The Balaban J connectivity index is 2.23. The molecule has 0 aromatic rings. The van der Waals surface area contributed by atoms with Crippen molar-refractivity contribution in [2.45, 2.75) is 65.7 Å². The number of hydrogen-bond acceptors (Lipinski definition) is 3. The summed E-state index contributed by atoms with van der Waals surface area (Å²) < 4.78 is 0. The van der Waals surface area contributed by atoms with Gasteiger partial charge in [-0.05, 0) is 70.4 Å². The summed E-state index contributed by atoms with van der Waals surface area (Å²) in [5, 5.41) is 16.0. The van der Waals surface area contributed by atoms with E-state index in [1.165, 1.54) is 45.3 Å². The van der Waals surface area contributed by atoms with E-state index in [4.69, 9.17) is 4.99 Å². The predicted molar refractivity (Wildman–Crippen MR) is 108 cm³/mol. The van der Waals surface area contributed by atoms with E-state index in [1.807, 2.05) is 0 Å². The monoisotopic (exact) mass is 354 g/mol. The first-order valence-corrected chi connectivity index (χ1v) is 10.5. The summed E-state index contributed by atoms with van der Waals surface area (Å²) in [6.45, 7) is 13.4. The van der Waals surface area contributed by atoms with Crippen molar-refractivity contribution in [1.29, 1.82) is 0 Å². The standard InChI is InChI=1S/C20H42N4O/c1-4-9-19(11-15-25)16-23-20(21-5-2)22-12-6-7-13-24-14-8-10-18(3)17-24/h18-19,25H,4-17H2,1-3H3,(H2,21,22,23). The Labute approximate surface area is 155 Å². The Kier molecular flexibility index (Phi) is 12.8. The average Bonchev–Trinajstić information content (AvgIpc) is 2.59. The molecule has 1 aliphatic rings. The molecule has 1 aliphatic heterocycles. The first-order chi connectivity index (χ1) is 12.2. The molecular formula is C20H42N4O. The van der Waals surface area contributed by atoms with Crippen molar-refractivity contribution in [1.82, 2.24) is 15.5 Å². The van der Waals surface area contributed by atoms with Gasteiger partial charge in [-0.2, -0.15) is 0 Å². The Morgan fingerprint density at radius 1 is 1.24 bits per heavy atom. The highest BCUT2D eigenvalue weighted by Gasteiger charge is 2.15. The molecule has 1 rings (SSSR count). The van der Waals surface area contributed by atoms with Crippen molar-refractivity contribution in [3.8, 4) is 0 Å². The maximum atomic E-state index is 9.17. The fourth-order valence-corrected chi connectivity index (χ4v) is 3.64. The summed E-state index contributed by atoms with van der Waals surface area (Å²) in [6, 6.07) is 0. The van der Waals surface area contributed by atoms with Crippen LogP contribution in [0.2, 0.25) is 0 Å². The molecule has 2 atom stereocenters. The number of aliphatic imine (C=N–C) groups is 1. The second kappa shape index (κ2) is 14.4. The SMILES string of the molecule is CCCC(CCO)CN=C(NCC)NCCCCN1CCCC(C)C1. The van der Waals surface area contributed by atoms with Crippen LogP contribution in [0.4, 0.5) is 0 Å². The molecule has 0 saturated carbocycles. The highest BCUT2D eigenvalue weighted by Crippen LogP contribution is 2.15. The number of guanidine groups is 1. The Morgan fingerprint density at radius 2 is 2.08 bits per heavy atom. The van der Waals surface area contributed by atoms with Gasteiger partial charge < -0.3 is 20.6 Å². The molecule has 1 saturated heterocycles. The van der Waals surface area contributed by atoms with Gasteiger partial charge in [-0.3, -0.25) is 4.99 Å². The van der Waals surface area contributed by atoms with Crippen LogP contribution in [-0.4, -0.2) is 61.8 Å². The number of rotatable bonds is 12. The minimum Gasteiger partial charge on any atom is -0.396 e. The van der Waals surface area contributed by atoms with Gasteiger partial charge in [0, 0.05) is 32.8 Å². The lowest BCUT2D eigenvalue weighted by Crippen LogP contribution is -2.39. The van der Waals surface area contributed by atoms with Gasteiger partial charge in [-0.15, -0.1) is 0 Å².